The van der Waals surface area contributed by atoms with Crippen molar-refractivity contribution < 1.29 is 9.53 Å². The number of aryl methyl sites for hydroxylation is 1. The van der Waals surface area contributed by atoms with Gasteiger partial charge in [-0.2, -0.15) is 0 Å². The number of thioether (sulfide) groups is 1. The quantitative estimate of drug-likeness (QED) is 0.775. The van der Waals surface area contributed by atoms with E-state index in [1.54, 1.807) is 37.1 Å². The highest BCUT2D eigenvalue weighted by molar-refractivity contribution is 7.99. The largest absolute Gasteiger partial charge is 0.495 e. The van der Waals surface area contributed by atoms with Gasteiger partial charge in [0, 0.05) is 43.3 Å². The second-order valence-corrected chi connectivity index (χ2v) is 7.76. The van der Waals surface area contributed by atoms with Gasteiger partial charge >= 0.3 is 6.03 Å². The number of ether oxygens (including phenoxy) is 1. The van der Waals surface area contributed by atoms with Crippen LogP contribution in [0.5, 0.6) is 5.75 Å². The van der Waals surface area contributed by atoms with E-state index < -0.39 is 0 Å². The summed E-state index contributed by atoms with van der Waals surface area (Å²) in [5, 5.41) is 4.51. The Morgan fingerprint density at radius 3 is 2.85 bits per heavy atom. The van der Waals surface area contributed by atoms with Crippen LogP contribution in [-0.2, 0) is 7.05 Å². The van der Waals surface area contributed by atoms with E-state index in [0.717, 1.165) is 36.8 Å². The average Bonchev–Trinajstić information content (AvgIpc) is 3.05. The zero-order valence-corrected chi connectivity index (χ0v) is 16.5. The van der Waals surface area contributed by atoms with Crippen molar-refractivity contribution in [1.82, 2.24) is 14.5 Å². The number of urea groups is 1. The normalized spacial score (nSPS) is 15.1. The minimum atomic E-state index is -0.110. The lowest BCUT2D eigenvalue weighted by Crippen LogP contribution is -2.41. The summed E-state index contributed by atoms with van der Waals surface area (Å²) < 4.78 is 7.31. The number of carbonyl (C=O) groups excluding carboxylic acids is 1. The van der Waals surface area contributed by atoms with Gasteiger partial charge < -0.3 is 19.5 Å². The molecule has 0 aliphatic carbocycles. The predicted molar refractivity (Wildman–Crippen MR) is 105 cm³/mol. The van der Waals surface area contributed by atoms with Crippen LogP contribution in [0.4, 0.5) is 10.5 Å². The molecule has 1 aliphatic rings. The molecule has 1 fully saturated rings. The van der Waals surface area contributed by atoms with E-state index in [-0.39, 0.29) is 6.03 Å². The molecule has 0 unspecified atom stereocenters. The Morgan fingerprint density at radius 2 is 2.19 bits per heavy atom. The molecule has 26 heavy (non-hydrogen) atoms. The van der Waals surface area contributed by atoms with Gasteiger partial charge in [-0.3, -0.25) is 0 Å². The monoisotopic (exact) mass is 394 g/mol. The van der Waals surface area contributed by atoms with Crippen molar-refractivity contribution in [2.75, 3.05) is 31.3 Å². The van der Waals surface area contributed by atoms with E-state index in [4.69, 9.17) is 16.3 Å². The Bertz CT molecular complexity index is 759. The van der Waals surface area contributed by atoms with Crippen molar-refractivity contribution in [3.8, 4) is 5.75 Å². The summed E-state index contributed by atoms with van der Waals surface area (Å²) in [7, 11) is 3.58. The number of amides is 2. The number of carbonyl (C=O) groups is 1. The molecule has 2 heterocycles. The summed E-state index contributed by atoms with van der Waals surface area (Å²) in [4.78, 5) is 18.7. The van der Waals surface area contributed by atoms with Crippen molar-refractivity contribution in [3.05, 3.63) is 35.6 Å². The van der Waals surface area contributed by atoms with Crippen LogP contribution >= 0.6 is 23.4 Å². The van der Waals surface area contributed by atoms with E-state index in [1.807, 2.05) is 28.9 Å². The smallest absolute Gasteiger partial charge is 0.321 e. The molecule has 0 radical (unpaired) electrons. The van der Waals surface area contributed by atoms with Gasteiger partial charge in [0.15, 0.2) is 5.16 Å². The highest BCUT2D eigenvalue weighted by atomic mass is 35.5. The molecule has 1 aliphatic heterocycles. The average molecular weight is 395 g/mol. The van der Waals surface area contributed by atoms with E-state index in [2.05, 4.69) is 10.3 Å². The zero-order valence-electron chi connectivity index (χ0n) is 14.9. The van der Waals surface area contributed by atoms with Gasteiger partial charge in [-0.05, 0) is 37.0 Å². The van der Waals surface area contributed by atoms with Crippen LogP contribution in [0.1, 0.15) is 12.8 Å². The first-order chi connectivity index (χ1) is 12.6. The molecule has 1 aromatic heterocycles. The summed E-state index contributed by atoms with van der Waals surface area (Å²) in [5.41, 5.74) is 0.595. The van der Waals surface area contributed by atoms with Crippen LogP contribution in [0.2, 0.25) is 5.02 Å². The highest BCUT2D eigenvalue weighted by Crippen LogP contribution is 2.29. The molecule has 3 rings (SSSR count). The van der Waals surface area contributed by atoms with Crippen LogP contribution in [0.15, 0.2) is 35.7 Å². The van der Waals surface area contributed by atoms with Crippen molar-refractivity contribution in [1.29, 1.82) is 0 Å². The first-order valence-corrected chi connectivity index (χ1v) is 9.92. The Labute approximate surface area is 162 Å². The molecule has 6 nitrogen and oxygen atoms in total. The minimum Gasteiger partial charge on any atom is -0.495 e. The van der Waals surface area contributed by atoms with Gasteiger partial charge in [-0.25, -0.2) is 9.78 Å². The Balaban J connectivity index is 1.49. The molecular weight excluding hydrogens is 372 g/mol. The van der Waals surface area contributed by atoms with Crippen LogP contribution in [0, 0.1) is 5.92 Å². The van der Waals surface area contributed by atoms with E-state index in [9.17, 15) is 4.79 Å². The third kappa shape index (κ3) is 4.65. The molecule has 1 saturated heterocycles. The van der Waals surface area contributed by atoms with Crippen LogP contribution in [-0.4, -0.2) is 46.4 Å². The Hall–Kier alpha value is -1.86. The maximum absolute atomic E-state index is 12.5. The number of aromatic nitrogens is 2. The third-order valence-corrected chi connectivity index (χ3v) is 6.05. The fourth-order valence-electron chi connectivity index (χ4n) is 2.96. The fraction of sp³-hybridized carbons (Fsp3) is 0.444. The van der Waals surface area contributed by atoms with Gasteiger partial charge in [0.1, 0.15) is 5.75 Å². The first-order valence-electron chi connectivity index (χ1n) is 8.56. The Kier molecular flexibility index (Phi) is 6.32. The number of methoxy groups -OCH3 is 1. The van der Waals surface area contributed by atoms with Crippen molar-refractivity contribution in [2.24, 2.45) is 13.0 Å². The maximum atomic E-state index is 12.5. The number of benzene rings is 1. The number of hydrogen-bond donors (Lipinski definition) is 1. The standard InChI is InChI=1S/C18H23ClN4O2S/c1-22-10-7-20-18(22)26-12-13-5-8-23(9-6-13)17(24)21-15-11-14(19)3-4-16(15)25-2/h3-4,7,10-11,13H,5-6,8-9,12H2,1-2H3,(H,21,24). The number of piperidine rings is 1. The lowest BCUT2D eigenvalue weighted by molar-refractivity contribution is 0.187. The second-order valence-electron chi connectivity index (χ2n) is 6.34. The van der Waals surface area contributed by atoms with Crippen molar-refractivity contribution >= 4 is 35.1 Å². The zero-order chi connectivity index (χ0) is 18.5. The number of imidazole rings is 1. The lowest BCUT2D eigenvalue weighted by atomic mass is 9.99. The molecule has 0 bridgehead atoms. The molecule has 2 amide bonds. The summed E-state index contributed by atoms with van der Waals surface area (Å²) in [5.74, 6) is 2.23. The fourth-order valence-corrected chi connectivity index (χ4v) is 4.25. The van der Waals surface area contributed by atoms with Gasteiger partial charge in [-0.1, -0.05) is 23.4 Å². The van der Waals surface area contributed by atoms with Crippen LogP contribution < -0.4 is 10.1 Å². The van der Waals surface area contributed by atoms with Crippen LogP contribution in [0.25, 0.3) is 0 Å². The first kappa shape index (κ1) is 18.9. The molecule has 1 N–H and O–H groups in total. The van der Waals surface area contributed by atoms with Gasteiger partial charge in [0.2, 0.25) is 0 Å². The number of hydrogen-bond acceptors (Lipinski definition) is 4. The number of halogens is 1. The molecule has 140 valence electrons. The molecular formula is C18H23ClN4O2S. The van der Waals surface area contributed by atoms with E-state index in [0.29, 0.717) is 22.4 Å². The second kappa shape index (κ2) is 8.68. The molecule has 1 aromatic carbocycles. The third-order valence-electron chi connectivity index (χ3n) is 4.53. The molecule has 0 spiro atoms. The number of likely N-dealkylation sites (tertiary alicyclic amines) is 1. The SMILES string of the molecule is COc1ccc(Cl)cc1NC(=O)N1CCC(CSc2nccn2C)CC1. The minimum absolute atomic E-state index is 0.110. The van der Waals surface area contributed by atoms with E-state index >= 15 is 0 Å². The summed E-state index contributed by atoms with van der Waals surface area (Å²) >= 11 is 7.80. The topological polar surface area (TPSA) is 59.4 Å². The Morgan fingerprint density at radius 1 is 1.42 bits per heavy atom. The number of rotatable bonds is 5. The van der Waals surface area contributed by atoms with Crippen molar-refractivity contribution in [2.45, 2.75) is 18.0 Å². The molecule has 8 heteroatoms. The summed E-state index contributed by atoms with van der Waals surface area (Å²) in [6.07, 6.45) is 5.77. The van der Waals surface area contributed by atoms with Crippen LogP contribution in [0.3, 0.4) is 0 Å². The van der Waals surface area contributed by atoms with Gasteiger partial charge in [0.05, 0.1) is 12.8 Å². The predicted octanol–water partition coefficient (Wildman–Crippen LogP) is 4.12. The molecule has 2 aromatic rings. The summed E-state index contributed by atoms with van der Waals surface area (Å²) in [6.45, 7) is 1.50. The number of nitrogens with one attached hydrogen (secondary N) is 1. The lowest BCUT2D eigenvalue weighted by Gasteiger charge is -2.32. The van der Waals surface area contributed by atoms with Gasteiger partial charge in [0.25, 0.3) is 0 Å². The van der Waals surface area contributed by atoms with E-state index in [1.165, 1.54) is 0 Å². The number of nitrogens with zero attached hydrogens (tertiary/aromatic N) is 3. The van der Waals surface area contributed by atoms with Gasteiger partial charge in [-0.15, -0.1) is 0 Å². The molecule has 0 atom stereocenters. The number of anilines is 1. The summed E-state index contributed by atoms with van der Waals surface area (Å²) in [6, 6.07) is 5.08. The molecule has 0 saturated carbocycles. The highest BCUT2D eigenvalue weighted by Gasteiger charge is 2.24. The van der Waals surface area contributed by atoms with Crippen molar-refractivity contribution in [3.63, 3.8) is 0 Å². The maximum Gasteiger partial charge on any atom is 0.321 e.